The molecule has 1 amide bonds. The van der Waals surface area contributed by atoms with E-state index < -0.39 is 17.5 Å². The van der Waals surface area contributed by atoms with E-state index >= 15 is 0 Å². The largest absolute Gasteiger partial charge is 0.361 e. The molecule has 0 spiro atoms. The second-order valence-electron chi connectivity index (χ2n) is 9.74. The predicted molar refractivity (Wildman–Crippen MR) is 135 cm³/mol. The van der Waals surface area contributed by atoms with Crippen molar-refractivity contribution in [3.8, 4) is 0 Å². The minimum Gasteiger partial charge on any atom is -0.361 e. The number of H-pyrrole nitrogens is 1. The fraction of sp³-hybridized carbons (Fsp3) is 0.393. The summed E-state index contributed by atoms with van der Waals surface area (Å²) in [6, 6.07) is 10.6. The summed E-state index contributed by atoms with van der Waals surface area (Å²) in [5, 5.41) is 3.66. The van der Waals surface area contributed by atoms with Gasteiger partial charge in [0.1, 0.15) is 0 Å². The van der Waals surface area contributed by atoms with Gasteiger partial charge in [-0.05, 0) is 60.9 Å². The number of benzene rings is 2. The number of likely N-dealkylation sites (tertiary alicyclic amines) is 1. The molecule has 0 saturated carbocycles. The molecule has 5 rings (SSSR count). The lowest BCUT2D eigenvalue weighted by Crippen LogP contribution is -2.52. The zero-order chi connectivity index (χ0) is 25.1. The molecule has 2 fully saturated rings. The molecule has 0 aliphatic carbocycles. The number of carbonyl (C=O) groups is 1. The Balaban J connectivity index is 1.04. The first-order chi connectivity index (χ1) is 17.5. The van der Waals surface area contributed by atoms with Crippen LogP contribution in [0.2, 0.25) is 0 Å². The first-order valence-electron chi connectivity index (χ1n) is 12.6. The van der Waals surface area contributed by atoms with Gasteiger partial charge in [0.15, 0.2) is 17.5 Å². The summed E-state index contributed by atoms with van der Waals surface area (Å²) in [7, 11) is 0. The lowest BCUT2D eigenvalue weighted by molar-refractivity contribution is -0.131. The number of halogens is 3. The number of fused-ring (bicyclic) bond motifs is 1. The van der Waals surface area contributed by atoms with Gasteiger partial charge in [0, 0.05) is 55.7 Å². The molecule has 2 aliphatic rings. The second kappa shape index (κ2) is 10.9. The molecular weight excluding hydrogens is 465 g/mol. The molecule has 0 bridgehead atoms. The Bertz CT molecular complexity index is 1220. The van der Waals surface area contributed by atoms with E-state index in [9.17, 15) is 18.0 Å². The van der Waals surface area contributed by atoms with Gasteiger partial charge in [-0.25, -0.2) is 18.2 Å². The zero-order valence-electron chi connectivity index (χ0n) is 20.2. The highest BCUT2D eigenvalue weighted by atomic mass is 19.2. The molecule has 0 atom stereocenters. The average molecular weight is 497 g/mol. The van der Waals surface area contributed by atoms with Gasteiger partial charge in [0.25, 0.3) is 0 Å². The maximum Gasteiger partial charge on any atom is 0.226 e. The number of nitrogens with zero attached hydrogens (tertiary/aromatic N) is 2. The van der Waals surface area contributed by atoms with Crippen molar-refractivity contribution in [2.24, 2.45) is 0 Å². The molecule has 2 aromatic carbocycles. The van der Waals surface area contributed by atoms with Crippen molar-refractivity contribution in [1.29, 1.82) is 0 Å². The standard InChI is InChI=1S/C28H31F3N4O/c29-24-16-19(17-25(30)28(24)31)4-3-7-27(36)34-12-10-21(11-13-34)33-35-14-8-20(9-15-35)23-18-32-26-6-2-1-5-22(23)26/h1-6,16-18,20-21,32-33H,7-15H2/b4-3+. The van der Waals surface area contributed by atoms with Crippen LogP contribution in [0.25, 0.3) is 17.0 Å². The van der Waals surface area contributed by atoms with Gasteiger partial charge in [0.05, 0.1) is 0 Å². The third-order valence-corrected chi connectivity index (χ3v) is 7.38. The van der Waals surface area contributed by atoms with E-state index in [-0.39, 0.29) is 17.9 Å². The molecule has 2 aliphatic heterocycles. The monoisotopic (exact) mass is 496 g/mol. The molecule has 36 heavy (non-hydrogen) atoms. The summed E-state index contributed by atoms with van der Waals surface area (Å²) in [4.78, 5) is 17.8. The van der Waals surface area contributed by atoms with Gasteiger partial charge in [-0.1, -0.05) is 30.4 Å². The normalized spacial score (nSPS) is 18.5. The fourth-order valence-corrected chi connectivity index (χ4v) is 5.36. The first kappa shape index (κ1) is 24.6. The smallest absolute Gasteiger partial charge is 0.226 e. The van der Waals surface area contributed by atoms with Crippen LogP contribution in [0, 0.1) is 17.5 Å². The van der Waals surface area contributed by atoms with Gasteiger partial charge in [-0.3, -0.25) is 10.2 Å². The van der Waals surface area contributed by atoms with E-state index in [1.165, 1.54) is 22.5 Å². The Morgan fingerprint density at radius 1 is 1.00 bits per heavy atom. The molecule has 2 N–H and O–H groups in total. The minimum absolute atomic E-state index is 0.0210. The van der Waals surface area contributed by atoms with E-state index in [1.807, 2.05) is 4.90 Å². The van der Waals surface area contributed by atoms with E-state index in [0.29, 0.717) is 25.0 Å². The van der Waals surface area contributed by atoms with Crippen LogP contribution in [0.15, 0.2) is 48.7 Å². The number of hydrazine groups is 1. The summed E-state index contributed by atoms with van der Waals surface area (Å²) in [5.74, 6) is -3.42. The number of para-hydroxylation sites is 1. The van der Waals surface area contributed by atoms with Gasteiger partial charge in [0.2, 0.25) is 5.91 Å². The van der Waals surface area contributed by atoms with Crippen LogP contribution in [0.3, 0.4) is 0 Å². The highest BCUT2D eigenvalue weighted by Gasteiger charge is 2.27. The molecule has 190 valence electrons. The molecule has 0 radical (unpaired) electrons. The summed E-state index contributed by atoms with van der Waals surface area (Å²) in [6.45, 7) is 3.35. The second-order valence-corrected chi connectivity index (χ2v) is 9.74. The first-order valence-corrected chi connectivity index (χ1v) is 12.6. The minimum atomic E-state index is -1.49. The van der Waals surface area contributed by atoms with Crippen LogP contribution in [0.4, 0.5) is 13.2 Å². The van der Waals surface area contributed by atoms with Crippen molar-refractivity contribution in [3.63, 3.8) is 0 Å². The number of hydrogen-bond acceptors (Lipinski definition) is 3. The van der Waals surface area contributed by atoms with Gasteiger partial charge in [-0.2, -0.15) is 0 Å². The van der Waals surface area contributed by atoms with Crippen LogP contribution >= 0.6 is 0 Å². The number of rotatable bonds is 6. The van der Waals surface area contributed by atoms with Crippen molar-refractivity contribution >= 4 is 22.9 Å². The summed E-state index contributed by atoms with van der Waals surface area (Å²) in [5.41, 5.74) is 6.48. The fourth-order valence-electron chi connectivity index (χ4n) is 5.36. The van der Waals surface area contributed by atoms with Crippen molar-refractivity contribution in [2.75, 3.05) is 26.2 Å². The van der Waals surface area contributed by atoms with Crippen LogP contribution in [0.1, 0.15) is 49.1 Å². The molecule has 3 heterocycles. The summed E-state index contributed by atoms with van der Waals surface area (Å²) >= 11 is 0. The number of aromatic amines is 1. The highest BCUT2D eigenvalue weighted by Crippen LogP contribution is 2.32. The number of nitrogens with one attached hydrogen (secondary N) is 2. The number of hydrogen-bond donors (Lipinski definition) is 2. The number of aromatic nitrogens is 1. The number of piperidine rings is 2. The number of amides is 1. The Morgan fingerprint density at radius 3 is 2.42 bits per heavy atom. The third kappa shape index (κ3) is 5.50. The van der Waals surface area contributed by atoms with Crippen LogP contribution < -0.4 is 5.43 Å². The summed E-state index contributed by atoms with van der Waals surface area (Å²) < 4.78 is 39.7. The summed E-state index contributed by atoms with van der Waals surface area (Å²) in [6.07, 6.45) is 9.30. The van der Waals surface area contributed by atoms with E-state index in [4.69, 9.17) is 0 Å². The van der Waals surface area contributed by atoms with Gasteiger partial charge < -0.3 is 9.88 Å². The van der Waals surface area contributed by atoms with Crippen molar-refractivity contribution in [1.82, 2.24) is 20.3 Å². The Morgan fingerprint density at radius 2 is 1.69 bits per heavy atom. The van der Waals surface area contributed by atoms with Crippen LogP contribution in [-0.4, -0.2) is 53.0 Å². The van der Waals surface area contributed by atoms with Crippen molar-refractivity contribution in [2.45, 2.75) is 44.1 Å². The quantitative estimate of drug-likeness (QED) is 0.452. The Kier molecular flexibility index (Phi) is 7.43. The molecule has 0 unspecified atom stereocenters. The average Bonchev–Trinajstić information content (AvgIpc) is 3.32. The maximum atomic E-state index is 13.3. The van der Waals surface area contributed by atoms with Crippen molar-refractivity contribution in [3.05, 3.63) is 77.2 Å². The molecule has 2 saturated heterocycles. The van der Waals surface area contributed by atoms with E-state index in [0.717, 1.165) is 50.9 Å². The Hall–Kier alpha value is -3.10. The van der Waals surface area contributed by atoms with E-state index in [2.05, 4.69) is 45.9 Å². The predicted octanol–water partition coefficient (Wildman–Crippen LogP) is 5.36. The zero-order valence-corrected chi connectivity index (χ0v) is 20.2. The molecule has 5 nitrogen and oxygen atoms in total. The van der Waals surface area contributed by atoms with E-state index in [1.54, 1.807) is 6.08 Å². The van der Waals surface area contributed by atoms with Gasteiger partial charge in [-0.15, -0.1) is 0 Å². The van der Waals surface area contributed by atoms with Crippen LogP contribution in [0.5, 0.6) is 0 Å². The Labute approximate surface area is 208 Å². The topological polar surface area (TPSA) is 51.4 Å². The van der Waals surface area contributed by atoms with Crippen LogP contribution in [-0.2, 0) is 4.79 Å². The van der Waals surface area contributed by atoms with Gasteiger partial charge >= 0.3 is 0 Å². The third-order valence-electron chi connectivity index (χ3n) is 7.38. The highest BCUT2D eigenvalue weighted by molar-refractivity contribution is 5.83. The number of carbonyl (C=O) groups excluding carboxylic acids is 1. The van der Waals surface area contributed by atoms with Crippen molar-refractivity contribution < 1.29 is 18.0 Å². The molecular formula is C28H31F3N4O. The lowest BCUT2D eigenvalue weighted by atomic mass is 9.89. The SMILES string of the molecule is O=C(C/C=C/c1cc(F)c(F)c(F)c1)N1CCC(NN2CCC(c3c[nH]c4ccccc34)CC2)CC1. The lowest BCUT2D eigenvalue weighted by Gasteiger charge is -2.38. The molecule has 8 heteroatoms. The molecule has 1 aromatic heterocycles. The maximum absolute atomic E-state index is 13.3. The molecule has 3 aromatic rings.